The van der Waals surface area contributed by atoms with Crippen molar-refractivity contribution in [1.82, 2.24) is 0 Å². The van der Waals surface area contributed by atoms with Gasteiger partial charge in [0.2, 0.25) is 0 Å². The molecule has 192 valence electrons. The zero-order valence-electron chi connectivity index (χ0n) is 20.9. The lowest BCUT2D eigenvalue weighted by molar-refractivity contribution is -0.145. The third-order valence-electron chi connectivity index (χ3n) is 5.44. The van der Waals surface area contributed by atoms with Gasteiger partial charge < -0.3 is 18.9 Å². The van der Waals surface area contributed by atoms with Gasteiger partial charge in [0.25, 0.3) is 0 Å². The number of rotatable bonds is 27. The number of hydrogen-bond donors (Lipinski definition) is 0. The number of unbranched alkanes of at least 4 members (excludes halogenated alkanes) is 14. The van der Waals surface area contributed by atoms with Gasteiger partial charge in [0.05, 0.1) is 39.6 Å². The van der Waals surface area contributed by atoms with Crippen LogP contribution in [-0.4, -0.2) is 57.5 Å². The molecule has 5 nitrogen and oxygen atoms in total. The molecule has 0 aromatic heterocycles. The number of hydrogen-bond acceptors (Lipinski definition) is 5. The molecular formula is C26H51BrO5. The topological polar surface area (TPSA) is 54.0 Å². The minimum absolute atomic E-state index is 0.108. The Morgan fingerprint density at radius 3 is 1.34 bits per heavy atom. The Balaban J connectivity index is 3.13. The smallest absolute Gasteiger partial charge is 0.305 e. The van der Waals surface area contributed by atoms with Crippen molar-refractivity contribution in [2.75, 3.05) is 51.6 Å². The highest BCUT2D eigenvalue weighted by molar-refractivity contribution is 9.09. The minimum Gasteiger partial charge on any atom is -0.463 e. The summed E-state index contributed by atoms with van der Waals surface area (Å²) in [6.07, 6.45) is 20.5. The Morgan fingerprint density at radius 1 is 0.531 bits per heavy atom. The van der Waals surface area contributed by atoms with Crippen LogP contribution in [0.3, 0.4) is 0 Å². The molecule has 0 aromatic rings. The van der Waals surface area contributed by atoms with Crippen molar-refractivity contribution in [3.63, 3.8) is 0 Å². The molecule has 0 fully saturated rings. The summed E-state index contributed by atoms with van der Waals surface area (Å²) < 4.78 is 21.2. The lowest BCUT2D eigenvalue weighted by Gasteiger charge is -2.07. The first-order chi connectivity index (χ1) is 15.8. The highest BCUT2D eigenvalue weighted by atomic mass is 79.9. The van der Waals surface area contributed by atoms with Crippen molar-refractivity contribution < 1.29 is 23.7 Å². The summed E-state index contributed by atoms with van der Waals surface area (Å²) in [5.41, 5.74) is 0. The summed E-state index contributed by atoms with van der Waals surface area (Å²) in [6.45, 7) is 5.94. The van der Waals surface area contributed by atoms with Crippen LogP contribution in [0, 0.1) is 0 Å². The molecule has 0 N–H and O–H groups in total. The van der Waals surface area contributed by atoms with Crippen LogP contribution in [0.1, 0.15) is 110 Å². The van der Waals surface area contributed by atoms with E-state index < -0.39 is 0 Å². The number of esters is 1. The first kappa shape index (κ1) is 31.8. The minimum atomic E-state index is -0.108. The number of alkyl halides is 1. The highest BCUT2D eigenvalue weighted by Crippen LogP contribution is 2.13. The van der Waals surface area contributed by atoms with E-state index in [1.165, 1.54) is 83.5 Å². The Morgan fingerprint density at radius 2 is 0.906 bits per heavy atom. The van der Waals surface area contributed by atoms with Crippen LogP contribution in [0.25, 0.3) is 0 Å². The van der Waals surface area contributed by atoms with Gasteiger partial charge in [0.1, 0.15) is 6.61 Å². The first-order valence-electron chi connectivity index (χ1n) is 13.3. The third kappa shape index (κ3) is 27.9. The number of halogens is 1. The second kappa shape index (κ2) is 28.9. The van der Waals surface area contributed by atoms with Crippen molar-refractivity contribution in [3.05, 3.63) is 0 Å². The van der Waals surface area contributed by atoms with Gasteiger partial charge >= 0.3 is 5.97 Å². The third-order valence-corrected chi connectivity index (χ3v) is 5.76. The van der Waals surface area contributed by atoms with Crippen LogP contribution in [0.4, 0.5) is 0 Å². The van der Waals surface area contributed by atoms with Gasteiger partial charge in [-0.1, -0.05) is 113 Å². The summed E-state index contributed by atoms with van der Waals surface area (Å²) in [5, 5.41) is 0.842. The molecule has 32 heavy (non-hydrogen) atoms. The summed E-state index contributed by atoms with van der Waals surface area (Å²) in [5.74, 6) is -0.108. The lowest BCUT2D eigenvalue weighted by Crippen LogP contribution is -2.14. The molecule has 0 bridgehead atoms. The van der Waals surface area contributed by atoms with E-state index in [2.05, 4.69) is 22.9 Å². The molecule has 0 saturated heterocycles. The van der Waals surface area contributed by atoms with Gasteiger partial charge in [0, 0.05) is 11.8 Å². The maximum Gasteiger partial charge on any atom is 0.305 e. The Bertz CT molecular complexity index is 368. The van der Waals surface area contributed by atoms with Crippen LogP contribution in [0.5, 0.6) is 0 Å². The van der Waals surface area contributed by atoms with E-state index in [-0.39, 0.29) is 5.97 Å². The Labute approximate surface area is 206 Å². The SMILES string of the molecule is CCCCCCCCCCCCCCCCCC(=O)OCCOCCOCCOCCBr. The molecule has 0 aliphatic rings. The summed E-state index contributed by atoms with van der Waals surface area (Å²) in [7, 11) is 0. The molecule has 0 saturated carbocycles. The summed E-state index contributed by atoms with van der Waals surface area (Å²) in [6, 6.07) is 0. The number of ether oxygens (including phenoxy) is 4. The molecule has 0 aliphatic carbocycles. The molecular weight excluding hydrogens is 472 g/mol. The zero-order valence-corrected chi connectivity index (χ0v) is 22.5. The van der Waals surface area contributed by atoms with Crippen molar-refractivity contribution in [1.29, 1.82) is 0 Å². The average molecular weight is 524 g/mol. The highest BCUT2D eigenvalue weighted by Gasteiger charge is 2.02. The van der Waals surface area contributed by atoms with Crippen molar-refractivity contribution in [2.24, 2.45) is 0 Å². The average Bonchev–Trinajstić information content (AvgIpc) is 2.80. The molecule has 6 heteroatoms. The van der Waals surface area contributed by atoms with Crippen molar-refractivity contribution in [3.8, 4) is 0 Å². The molecule has 0 rings (SSSR count). The van der Waals surface area contributed by atoms with Crippen molar-refractivity contribution >= 4 is 21.9 Å². The van der Waals surface area contributed by atoms with Crippen LogP contribution in [-0.2, 0) is 23.7 Å². The van der Waals surface area contributed by atoms with Gasteiger partial charge in [-0.15, -0.1) is 0 Å². The second-order valence-corrected chi connectivity index (χ2v) is 9.24. The molecule has 0 amide bonds. The van der Waals surface area contributed by atoms with E-state index in [0.29, 0.717) is 52.7 Å². The van der Waals surface area contributed by atoms with E-state index in [0.717, 1.165) is 18.2 Å². The summed E-state index contributed by atoms with van der Waals surface area (Å²) >= 11 is 3.30. The maximum absolute atomic E-state index is 11.7. The van der Waals surface area contributed by atoms with E-state index in [1.807, 2.05) is 0 Å². The fraction of sp³-hybridized carbons (Fsp3) is 0.962. The molecule has 0 atom stereocenters. The van der Waals surface area contributed by atoms with Gasteiger partial charge in [0.15, 0.2) is 0 Å². The van der Waals surface area contributed by atoms with Gasteiger partial charge in [-0.3, -0.25) is 4.79 Å². The van der Waals surface area contributed by atoms with Crippen LogP contribution < -0.4 is 0 Å². The molecule has 0 radical (unpaired) electrons. The predicted molar refractivity (Wildman–Crippen MR) is 137 cm³/mol. The monoisotopic (exact) mass is 522 g/mol. The van der Waals surface area contributed by atoms with Gasteiger partial charge in [-0.05, 0) is 6.42 Å². The lowest BCUT2D eigenvalue weighted by atomic mass is 10.0. The standard InChI is InChI=1S/C26H51BrO5/c1-2-3-4-5-6-7-8-9-10-11-12-13-14-15-16-17-26(28)32-25-24-31-23-22-30-21-20-29-19-18-27/h2-25H2,1H3. The van der Waals surface area contributed by atoms with E-state index in [9.17, 15) is 4.79 Å². The van der Waals surface area contributed by atoms with Crippen LogP contribution in [0.2, 0.25) is 0 Å². The zero-order chi connectivity index (χ0) is 23.4. The second-order valence-electron chi connectivity index (χ2n) is 8.45. The fourth-order valence-corrected chi connectivity index (χ4v) is 3.75. The van der Waals surface area contributed by atoms with Crippen molar-refractivity contribution in [2.45, 2.75) is 110 Å². The maximum atomic E-state index is 11.7. The Kier molecular flexibility index (Phi) is 28.7. The van der Waals surface area contributed by atoms with E-state index in [1.54, 1.807) is 0 Å². The van der Waals surface area contributed by atoms with Gasteiger partial charge in [-0.25, -0.2) is 0 Å². The molecule has 0 aliphatic heterocycles. The van der Waals surface area contributed by atoms with Crippen LogP contribution in [0.15, 0.2) is 0 Å². The quantitative estimate of drug-likeness (QED) is 0.0646. The van der Waals surface area contributed by atoms with Gasteiger partial charge in [-0.2, -0.15) is 0 Å². The predicted octanol–water partition coefficient (Wildman–Crippen LogP) is 7.24. The largest absolute Gasteiger partial charge is 0.463 e. The fourth-order valence-electron chi connectivity index (χ4n) is 3.52. The number of carbonyl (C=O) groups is 1. The first-order valence-corrected chi connectivity index (χ1v) is 14.4. The molecule has 0 aromatic carbocycles. The Hall–Kier alpha value is -0.170. The molecule has 0 heterocycles. The summed E-state index contributed by atoms with van der Waals surface area (Å²) in [4.78, 5) is 11.7. The number of carbonyl (C=O) groups excluding carboxylic acids is 1. The van der Waals surface area contributed by atoms with E-state index in [4.69, 9.17) is 18.9 Å². The van der Waals surface area contributed by atoms with Crippen LogP contribution >= 0.6 is 15.9 Å². The normalized spacial score (nSPS) is 11.2. The van der Waals surface area contributed by atoms with E-state index >= 15 is 0 Å². The molecule has 0 spiro atoms. The molecule has 0 unspecified atom stereocenters.